The Bertz CT molecular complexity index is 1130. The van der Waals surface area contributed by atoms with Crippen LogP contribution >= 0.6 is 11.3 Å². The van der Waals surface area contributed by atoms with Crippen LogP contribution in [-0.2, 0) is 10.3 Å². The van der Waals surface area contributed by atoms with Gasteiger partial charge in [-0.2, -0.15) is 4.98 Å². The van der Waals surface area contributed by atoms with Gasteiger partial charge in [-0.15, -0.1) is 24.5 Å². The molecular formula is C22H25F3N4O3S. The first kappa shape index (κ1) is 22.4. The number of oxazole rings is 1. The molecule has 1 aromatic carbocycles. The second-order valence-electron chi connectivity index (χ2n) is 8.97. The summed E-state index contributed by atoms with van der Waals surface area (Å²) < 4.78 is 56.7. The molecule has 2 aliphatic rings. The summed E-state index contributed by atoms with van der Waals surface area (Å²) in [6, 6.07) is 2.51. The van der Waals surface area contributed by atoms with E-state index in [1.807, 2.05) is 4.90 Å². The lowest BCUT2D eigenvalue weighted by molar-refractivity contribution is -0.274. The third-order valence-corrected chi connectivity index (χ3v) is 7.18. The van der Waals surface area contributed by atoms with Gasteiger partial charge in [-0.25, -0.2) is 4.98 Å². The molecule has 0 amide bonds. The van der Waals surface area contributed by atoms with Gasteiger partial charge >= 0.3 is 6.36 Å². The number of ether oxygens (including phenoxy) is 2. The number of piperidine rings is 1. The van der Waals surface area contributed by atoms with Gasteiger partial charge in [0.1, 0.15) is 5.01 Å². The Balaban J connectivity index is 1.71. The fourth-order valence-electron chi connectivity index (χ4n) is 4.64. The maximum absolute atomic E-state index is 13.5. The third-order valence-electron chi connectivity index (χ3n) is 6.38. The normalized spacial score (nSPS) is 21.6. The van der Waals surface area contributed by atoms with Crippen LogP contribution in [0.2, 0.25) is 0 Å². The van der Waals surface area contributed by atoms with Crippen LogP contribution in [0.25, 0.3) is 21.7 Å². The predicted molar refractivity (Wildman–Crippen MR) is 119 cm³/mol. The van der Waals surface area contributed by atoms with Crippen LogP contribution in [-0.4, -0.2) is 48.6 Å². The molecule has 2 saturated heterocycles. The lowest BCUT2D eigenvalue weighted by Crippen LogP contribution is -2.58. The lowest BCUT2D eigenvalue weighted by atomic mass is 9.94. The average molecular weight is 483 g/mol. The van der Waals surface area contributed by atoms with Crippen LogP contribution in [0.1, 0.15) is 38.7 Å². The van der Waals surface area contributed by atoms with Gasteiger partial charge in [0.2, 0.25) is 0 Å². The molecule has 2 atom stereocenters. The maximum Gasteiger partial charge on any atom is 0.573 e. The first-order valence-corrected chi connectivity index (χ1v) is 11.7. The summed E-state index contributed by atoms with van der Waals surface area (Å²) >= 11 is 1.37. The molecule has 0 saturated carbocycles. The first-order valence-electron chi connectivity index (χ1n) is 10.8. The highest BCUT2D eigenvalue weighted by atomic mass is 32.1. The fraction of sp³-hybridized carbons (Fsp3) is 0.545. The van der Waals surface area contributed by atoms with Gasteiger partial charge in [0.15, 0.2) is 16.8 Å². The number of anilines is 1. The van der Waals surface area contributed by atoms with E-state index < -0.39 is 17.7 Å². The van der Waals surface area contributed by atoms with Crippen molar-refractivity contribution < 1.29 is 27.1 Å². The molecule has 0 spiro atoms. The number of benzene rings is 1. The quantitative estimate of drug-likeness (QED) is 0.545. The SMILES string of the molecule is COC(C)(C)c1cc(-c2nccs2)c2oc(N3CC4CCCC(C3)N4)nc2c1OC(F)(F)F. The highest BCUT2D eigenvalue weighted by Crippen LogP contribution is 2.46. The van der Waals surface area contributed by atoms with E-state index in [1.165, 1.54) is 18.4 Å². The molecule has 3 aromatic rings. The van der Waals surface area contributed by atoms with E-state index in [0.717, 1.165) is 19.3 Å². The van der Waals surface area contributed by atoms with Gasteiger partial charge in [0.25, 0.3) is 6.01 Å². The third kappa shape index (κ3) is 4.29. The van der Waals surface area contributed by atoms with E-state index >= 15 is 0 Å². The van der Waals surface area contributed by atoms with Crippen molar-refractivity contribution in [2.24, 2.45) is 0 Å². The van der Waals surface area contributed by atoms with Crippen molar-refractivity contribution >= 4 is 28.5 Å². The van der Waals surface area contributed by atoms with Crippen molar-refractivity contribution in [2.45, 2.75) is 57.2 Å². The van der Waals surface area contributed by atoms with Crippen LogP contribution in [0.5, 0.6) is 5.75 Å². The zero-order valence-electron chi connectivity index (χ0n) is 18.5. The predicted octanol–water partition coefficient (Wildman–Crippen LogP) is 5.06. The number of hydrogen-bond donors (Lipinski definition) is 1. The number of fused-ring (bicyclic) bond motifs is 3. The van der Waals surface area contributed by atoms with Crippen LogP contribution in [0.15, 0.2) is 22.1 Å². The first-order chi connectivity index (χ1) is 15.6. The molecule has 5 rings (SSSR count). The summed E-state index contributed by atoms with van der Waals surface area (Å²) in [5.41, 5.74) is -0.0652. The van der Waals surface area contributed by atoms with Gasteiger partial charge in [-0.3, -0.25) is 0 Å². The molecule has 0 radical (unpaired) electrons. The standard InChI is InChI=1S/C22H25F3N4O3S/c1-21(2,30-3)15-9-14(19-26-7-8-33-19)17-16(18(15)32-22(23,24)25)28-20(31-17)29-10-12-5-4-6-13(11-29)27-12/h7-9,12-13,27H,4-6,10-11H2,1-3H3. The van der Waals surface area contributed by atoms with Gasteiger partial charge in [0.05, 0.1) is 11.2 Å². The molecular weight excluding hydrogens is 457 g/mol. The number of alkyl halides is 3. The van der Waals surface area contributed by atoms with Crippen LogP contribution in [0.4, 0.5) is 19.2 Å². The Morgan fingerprint density at radius 3 is 2.55 bits per heavy atom. The Morgan fingerprint density at radius 1 is 1.21 bits per heavy atom. The van der Waals surface area contributed by atoms with Crippen molar-refractivity contribution in [1.82, 2.24) is 15.3 Å². The highest BCUT2D eigenvalue weighted by molar-refractivity contribution is 7.13. The summed E-state index contributed by atoms with van der Waals surface area (Å²) in [7, 11) is 1.44. The topological polar surface area (TPSA) is 72.7 Å². The summed E-state index contributed by atoms with van der Waals surface area (Å²) in [6.45, 7) is 4.73. The van der Waals surface area contributed by atoms with Crippen LogP contribution in [0, 0.1) is 0 Å². The van der Waals surface area contributed by atoms with E-state index in [9.17, 15) is 13.2 Å². The number of rotatable bonds is 5. The highest BCUT2D eigenvalue weighted by Gasteiger charge is 2.39. The number of aromatic nitrogens is 2. The van der Waals surface area contributed by atoms with E-state index in [4.69, 9.17) is 9.15 Å². The van der Waals surface area contributed by atoms with Crippen LogP contribution < -0.4 is 15.0 Å². The minimum Gasteiger partial charge on any atom is -0.422 e. The summed E-state index contributed by atoms with van der Waals surface area (Å²) in [4.78, 5) is 10.9. The zero-order chi connectivity index (χ0) is 23.4. The Morgan fingerprint density at radius 2 is 1.94 bits per heavy atom. The summed E-state index contributed by atoms with van der Waals surface area (Å²) in [5.74, 6) is -0.407. The van der Waals surface area contributed by atoms with E-state index in [-0.39, 0.29) is 16.7 Å². The van der Waals surface area contributed by atoms with Gasteiger partial charge in [-0.05, 0) is 32.8 Å². The molecule has 2 aliphatic heterocycles. The number of halogens is 3. The Labute approximate surface area is 192 Å². The second-order valence-corrected chi connectivity index (χ2v) is 9.87. The van der Waals surface area contributed by atoms with E-state index in [0.29, 0.717) is 41.8 Å². The van der Waals surface area contributed by atoms with Crippen LogP contribution in [0.3, 0.4) is 0 Å². The monoisotopic (exact) mass is 482 g/mol. The summed E-state index contributed by atoms with van der Waals surface area (Å²) in [6.07, 6.45) is -0.00335. The number of hydrogen-bond acceptors (Lipinski definition) is 8. The number of thiazole rings is 1. The average Bonchev–Trinajstić information content (AvgIpc) is 3.43. The van der Waals surface area contributed by atoms with Gasteiger partial charge in [0, 0.05) is 49.4 Å². The molecule has 2 bridgehead atoms. The zero-order valence-corrected chi connectivity index (χ0v) is 19.3. The fourth-order valence-corrected chi connectivity index (χ4v) is 5.29. The number of piperazine rings is 1. The van der Waals surface area contributed by atoms with Crippen molar-refractivity contribution in [1.29, 1.82) is 0 Å². The number of nitrogens with zero attached hydrogens (tertiary/aromatic N) is 3. The molecule has 2 fully saturated rings. The maximum atomic E-state index is 13.5. The van der Waals surface area contributed by atoms with Crippen molar-refractivity contribution in [3.05, 3.63) is 23.2 Å². The molecule has 0 aliphatic carbocycles. The van der Waals surface area contributed by atoms with Crippen molar-refractivity contribution in [2.75, 3.05) is 25.1 Å². The lowest BCUT2D eigenvalue weighted by Gasteiger charge is -2.41. The van der Waals surface area contributed by atoms with Gasteiger partial charge < -0.3 is 24.1 Å². The molecule has 33 heavy (non-hydrogen) atoms. The van der Waals surface area contributed by atoms with Crippen molar-refractivity contribution in [3.63, 3.8) is 0 Å². The molecule has 2 unspecified atom stereocenters. The second kappa shape index (κ2) is 8.14. The number of nitrogens with one attached hydrogen (secondary N) is 1. The van der Waals surface area contributed by atoms with Crippen molar-refractivity contribution in [3.8, 4) is 16.3 Å². The molecule has 2 aromatic heterocycles. The molecule has 178 valence electrons. The summed E-state index contributed by atoms with van der Waals surface area (Å²) in [5, 5.41) is 6.01. The molecule has 11 heteroatoms. The largest absolute Gasteiger partial charge is 0.573 e. The Hall–Kier alpha value is -2.37. The Kier molecular flexibility index (Phi) is 5.53. The molecule has 7 nitrogen and oxygen atoms in total. The molecule has 1 N–H and O–H groups in total. The minimum atomic E-state index is -4.90. The minimum absolute atomic E-state index is 0.0128. The van der Waals surface area contributed by atoms with E-state index in [1.54, 1.807) is 31.5 Å². The number of methoxy groups -OCH3 is 1. The van der Waals surface area contributed by atoms with E-state index in [2.05, 4.69) is 20.0 Å². The van der Waals surface area contributed by atoms with Gasteiger partial charge in [-0.1, -0.05) is 6.42 Å². The smallest absolute Gasteiger partial charge is 0.422 e. The molecule has 4 heterocycles.